The first kappa shape index (κ1) is 16.9. The second-order valence-corrected chi connectivity index (χ2v) is 5.88. The zero-order chi connectivity index (χ0) is 17.6. The molecular formula is C18H21N5O2. The SMILES string of the molecule is CC(c1ccc(-n2cncn2)cc1)N(C)CC(=O)NCc1ccco1. The lowest BCUT2D eigenvalue weighted by molar-refractivity contribution is -0.122. The number of nitrogens with zero attached hydrogens (tertiary/aromatic N) is 4. The van der Waals surface area contributed by atoms with Crippen LogP contribution in [0, 0.1) is 0 Å². The van der Waals surface area contributed by atoms with Crippen LogP contribution in [0.15, 0.2) is 59.7 Å². The lowest BCUT2D eigenvalue weighted by Gasteiger charge is -2.24. The van der Waals surface area contributed by atoms with Gasteiger partial charge in [-0.1, -0.05) is 12.1 Å². The van der Waals surface area contributed by atoms with Gasteiger partial charge in [0.25, 0.3) is 0 Å². The Morgan fingerprint density at radius 3 is 2.76 bits per heavy atom. The summed E-state index contributed by atoms with van der Waals surface area (Å²) in [5, 5.41) is 6.97. The van der Waals surface area contributed by atoms with Gasteiger partial charge in [-0.15, -0.1) is 0 Å². The molecule has 2 heterocycles. The third-order valence-electron chi connectivity index (χ3n) is 4.15. The summed E-state index contributed by atoms with van der Waals surface area (Å²) in [6, 6.07) is 11.8. The molecule has 1 atom stereocenters. The summed E-state index contributed by atoms with van der Waals surface area (Å²) in [5.41, 5.74) is 2.08. The van der Waals surface area contributed by atoms with Crippen LogP contribution in [0.25, 0.3) is 5.69 Å². The van der Waals surface area contributed by atoms with Crippen molar-refractivity contribution >= 4 is 5.91 Å². The van der Waals surface area contributed by atoms with Crippen molar-refractivity contribution in [2.24, 2.45) is 0 Å². The second kappa shape index (κ2) is 7.76. The van der Waals surface area contributed by atoms with Crippen LogP contribution in [-0.4, -0.2) is 39.2 Å². The van der Waals surface area contributed by atoms with Gasteiger partial charge in [0, 0.05) is 6.04 Å². The first-order chi connectivity index (χ1) is 12.1. The fraction of sp³-hybridized carbons (Fsp3) is 0.278. The van der Waals surface area contributed by atoms with Gasteiger partial charge in [0.2, 0.25) is 5.91 Å². The van der Waals surface area contributed by atoms with Gasteiger partial charge < -0.3 is 9.73 Å². The smallest absolute Gasteiger partial charge is 0.234 e. The molecule has 0 aliphatic heterocycles. The average molecular weight is 339 g/mol. The first-order valence-electron chi connectivity index (χ1n) is 8.08. The van der Waals surface area contributed by atoms with Crippen LogP contribution >= 0.6 is 0 Å². The predicted octanol–water partition coefficient (Wildman–Crippen LogP) is 2.17. The minimum Gasteiger partial charge on any atom is -0.467 e. The Bertz CT molecular complexity index is 782. The summed E-state index contributed by atoms with van der Waals surface area (Å²) >= 11 is 0. The summed E-state index contributed by atoms with van der Waals surface area (Å²) in [6.07, 6.45) is 4.76. The minimum atomic E-state index is -0.0371. The van der Waals surface area contributed by atoms with Crippen molar-refractivity contribution in [3.05, 3.63) is 66.6 Å². The van der Waals surface area contributed by atoms with E-state index in [-0.39, 0.29) is 11.9 Å². The van der Waals surface area contributed by atoms with Crippen molar-refractivity contribution in [3.8, 4) is 5.69 Å². The maximum absolute atomic E-state index is 12.1. The highest BCUT2D eigenvalue weighted by molar-refractivity contribution is 5.77. The Hall–Kier alpha value is -2.93. The molecule has 0 aliphatic rings. The number of carbonyl (C=O) groups excluding carboxylic acids is 1. The molecule has 0 fully saturated rings. The highest BCUT2D eigenvalue weighted by Crippen LogP contribution is 2.19. The van der Waals surface area contributed by atoms with Gasteiger partial charge in [0.15, 0.2) is 0 Å². The molecule has 1 aromatic carbocycles. The molecule has 1 unspecified atom stereocenters. The van der Waals surface area contributed by atoms with E-state index in [2.05, 4.69) is 22.3 Å². The van der Waals surface area contributed by atoms with E-state index < -0.39 is 0 Å². The Morgan fingerprint density at radius 1 is 1.32 bits per heavy atom. The van der Waals surface area contributed by atoms with Gasteiger partial charge in [-0.05, 0) is 43.8 Å². The fourth-order valence-corrected chi connectivity index (χ4v) is 2.52. The number of aromatic nitrogens is 3. The van der Waals surface area contributed by atoms with Crippen molar-refractivity contribution in [3.63, 3.8) is 0 Å². The first-order valence-corrected chi connectivity index (χ1v) is 8.08. The molecule has 0 bridgehead atoms. The lowest BCUT2D eigenvalue weighted by atomic mass is 10.1. The topological polar surface area (TPSA) is 76.2 Å². The predicted molar refractivity (Wildman–Crippen MR) is 93.0 cm³/mol. The van der Waals surface area contributed by atoms with Crippen LogP contribution in [-0.2, 0) is 11.3 Å². The molecule has 0 aliphatic carbocycles. The van der Waals surface area contributed by atoms with Crippen molar-refractivity contribution < 1.29 is 9.21 Å². The molecule has 7 nitrogen and oxygen atoms in total. The zero-order valence-electron chi connectivity index (χ0n) is 14.3. The number of hydrogen-bond donors (Lipinski definition) is 1. The average Bonchev–Trinajstić information content (AvgIpc) is 3.33. The second-order valence-electron chi connectivity index (χ2n) is 5.88. The quantitative estimate of drug-likeness (QED) is 0.714. The third-order valence-corrected chi connectivity index (χ3v) is 4.15. The van der Waals surface area contributed by atoms with Crippen LogP contribution < -0.4 is 5.32 Å². The number of benzene rings is 1. The molecule has 0 saturated heterocycles. The highest BCUT2D eigenvalue weighted by Gasteiger charge is 2.15. The number of amides is 1. The summed E-state index contributed by atoms with van der Waals surface area (Å²) in [6.45, 7) is 2.79. The van der Waals surface area contributed by atoms with Gasteiger partial charge in [0.1, 0.15) is 18.4 Å². The van der Waals surface area contributed by atoms with Crippen LogP contribution in [0.2, 0.25) is 0 Å². The molecule has 3 rings (SSSR count). The fourth-order valence-electron chi connectivity index (χ4n) is 2.52. The number of hydrogen-bond acceptors (Lipinski definition) is 5. The van der Waals surface area contributed by atoms with Gasteiger partial charge >= 0.3 is 0 Å². The van der Waals surface area contributed by atoms with E-state index in [0.29, 0.717) is 13.1 Å². The number of carbonyl (C=O) groups is 1. The number of rotatable bonds is 7. The molecule has 2 aromatic heterocycles. The zero-order valence-corrected chi connectivity index (χ0v) is 14.3. The van der Waals surface area contributed by atoms with E-state index in [1.54, 1.807) is 23.3 Å². The Labute approximate surface area is 146 Å². The van der Waals surface area contributed by atoms with E-state index in [1.807, 2.05) is 42.3 Å². The Balaban J connectivity index is 1.54. The van der Waals surface area contributed by atoms with E-state index in [4.69, 9.17) is 4.42 Å². The van der Waals surface area contributed by atoms with Crippen LogP contribution in [0.4, 0.5) is 0 Å². The molecule has 1 amide bonds. The number of likely N-dealkylation sites (N-methyl/N-ethyl adjacent to an activating group) is 1. The molecular weight excluding hydrogens is 318 g/mol. The van der Waals surface area contributed by atoms with Gasteiger partial charge in [-0.2, -0.15) is 5.10 Å². The van der Waals surface area contributed by atoms with E-state index in [9.17, 15) is 4.79 Å². The molecule has 7 heteroatoms. The molecule has 0 radical (unpaired) electrons. The number of furan rings is 1. The molecule has 3 aromatic rings. The van der Waals surface area contributed by atoms with Crippen LogP contribution in [0.3, 0.4) is 0 Å². The normalized spacial score (nSPS) is 12.3. The van der Waals surface area contributed by atoms with E-state index in [0.717, 1.165) is 17.0 Å². The van der Waals surface area contributed by atoms with Crippen molar-refractivity contribution in [1.82, 2.24) is 25.0 Å². The minimum absolute atomic E-state index is 0.0371. The van der Waals surface area contributed by atoms with E-state index >= 15 is 0 Å². The summed E-state index contributed by atoms with van der Waals surface area (Å²) < 4.78 is 6.92. The Morgan fingerprint density at radius 2 is 2.12 bits per heavy atom. The summed E-state index contributed by atoms with van der Waals surface area (Å²) in [7, 11) is 1.93. The lowest BCUT2D eigenvalue weighted by Crippen LogP contribution is -2.36. The molecule has 25 heavy (non-hydrogen) atoms. The standard InChI is InChI=1S/C18H21N5O2/c1-14(15-5-7-16(8-6-15)23-13-19-12-21-23)22(2)11-18(24)20-10-17-4-3-9-25-17/h3-9,12-14H,10-11H2,1-2H3,(H,20,24). The van der Waals surface area contributed by atoms with Crippen LogP contribution in [0.1, 0.15) is 24.3 Å². The maximum atomic E-state index is 12.1. The Kier molecular flexibility index (Phi) is 5.25. The number of nitrogens with one attached hydrogen (secondary N) is 1. The monoisotopic (exact) mass is 339 g/mol. The molecule has 0 saturated carbocycles. The van der Waals surface area contributed by atoms with Crippen molar-refractivity contribution in [2.75, 3.05) is 13.6 Å². The largest absolute Gasteiger partial charge is 0.467 e. The summed E-state index contributed by atoms with van der Waals surface area (Å²) in [4.78, 5) is 18.0. The van der Waals surface area contributed by atoms with E-state index in [1.165, 1.54) is 6.33 Å². The van der Waals surface area contributed by atoms with Gasteiger partial charge in [-0.3, -0.25) is 9.69 Å². The summed E-state index contributed by atoms with van der Waals surface area (Å²) in [5.74, 6) is 0.706. The van der Waals surface area contributed by atoms with Gasteiger partial charge in [0.05, 0.1) is 25.0 Å². The molecule has 0 spiro atoms. The molecule has 1 N–H and O–H groups in total. The maximum Gasteiger partial charge on any atom is 0.234 e. The molecule has 130 valence electrons. The third kappa shape index (κ3) is 4.33. The highest BCUT2D eigenvalue weighted by atomic mass is 16.3. The van der Waals surface area contributed by atoms with Crippen molar-refractivity contribution in [1.29, 1.82) is 0 Å². The van der Waals surface area contributed by atoms with Gasteiger partial charge in [-0.25, -0.2) is 9.67 Å². The van der Waals surface area contributed by atoms with Crippen molar-refractivity contribution in [2.45, 2.75) is 19.5 Å². The van der Waals surface area contributed by atoms with Crippen LogP contribution in [0.5, 0.6) is 0 Å².